The Hall–Kier alpha value is -6.64. The van der Waals surface area contributed by atoms with Gasteiger partial charge in [0.1, 0.15) is 0 Å². The maximum absolute atomic E-state index is 5.30. The predicted octanol–water partition coefficient (Wildman–Crippen LogP) is 14.1. The molecule has 266 valence electrons. The highest BCUT2D eigenvalue weighted by Gasteiger charge is 2.38. The van der Waals surface area contributed by atoms with Crippen LogP contribution in [0.3, 0.4) is 0 Å². The van der Waals surface area contributed by atoms with E-state index in [-0.39, 0.29) is 10.8 Å². The Labute approximate surface area is 328 Å². The lowest BCUT2D eigenvalue weighted by molar-refractivity contribution is 0.660. The predicted molar refractivity (Wildman–Crippen MR) is 234 cm³/mol. The van der Waals surface area contributed by atoms with Gasteiger partial charge in [0.15, 0.2) is 5.82 Å². The third-order valence-corrected chi connectivity index (χ3v) is 12.7. The summed E-state index contributed by atoms with van der Waals surface area (Å²) in [4.78, 5) is 10.5. The van der Waals surface area contributed by atoms with Crippen LogP contribution >= 0.6 is 0 Å². The van der Waals surface area contributed by atoms with Crippen LogP contribution in [0.2, 0.25) is 0 Å². The Bertz CT molecular complexity index is 3080. The quantitative estimate of drug-likeness (QED) is 0.181. The largest absolute Gasteiger partial charge is 0.228 e. The van der Waals surface area contributed by atoms with Gasteiger partial charge in [-0.15, -0.1) is 0 Å². The number of nitrogens with zero attached hydrogens (tertiary/aromatic N) is 2. The van der Waals surface area contributed by atoms with E-state index < -0.39 is 0 Å². The molecule has 0 N–H and O–H groups in total. The van der Waals surface area contributed by atoms with Crippen LogP contribution in [-0.2, 0) is 10.8 Å². The summed E-state index contributed by atoms with van der Waals surface area (Å²) in [7, 11) is 0. The van der Waals surface area contributed by atoms with Crippen molar-refractivity contribution in [1.29, 1.82) is 0 Å². The zero-order valence-corrected chi connectivity index (χ0v) is 32.1. The molecular formula is C54H40N2. The minimum absolute atomic E-state index is 0.0313. The molecule has 0 atom stereocenters. The van der Waals surface area contributed by atoms with Crippen LogP contribution in [0.5, 0.6) is 0 Å². The van der Waals surface area contributed by atoms with Gasteiger partial charge in [0, 0.05) is 27.5 Å². The van der Waals surface area contributed by atoms with Gasteiger partial charge in [0.2, 0.25) is 0 Å². The summed E-state index contributed by atoms with van der Waals surface area (Å²) >= 11 is 0. The van der Waals surface area contributed by atoms with Gasteiger partial charge in [-0.05, 0) is 114 Å². The highest BCUT2D eigenvalue weighted by molar-refractivity contribution is 5.99. The van der Waals surface area contributed by atoms with E-state index in [1.807, 2.05) is 6.07 Å². The van der Waals surface area contributed by atoms with Crippen molar-refractivity contribution in [1.82, 2.24) is 9.97 Å². The van der Waals surface area contributed by atoms with Gasteiger partial charge in [0.05, 0.1) is 11.4 Å². The summed E-state index contributed by atoms with van der Waals surface area (Å²) in [5.74, 6) is 0.726. The molecule has 0 fully saturated rings. The Morgan fingerprint density at radius 2 is 0.875 bits per heavy atom. The number of hydrogen-bond donors (Lipinski definition) is 0. The average Bonchev–Trinajstić information content (AvgIpc) is 3.61. The Kier molecular flexibility index (Phi) is 6.98. The molecule has 8 aromatic carbocycles. The molecule has 0 saturated heterocycles. The third kappa shape index (κ3) is 4.88. The summed E-state index contributed by atoms with van der Waals surface area (Å²) in [5, 5.41) is 4.92. The Morgan fingerprint density at radius 1 is 0.321 bits per heavy atom. The molecule has 2 aliphatic rings. The van der Waals surface area contributed by atoms with E-state index in [9.17, 15) is 0 Å². The molecule has 0 unspecified atom stereocenters. The van der Waals surface area contributed by atoms with Gasteiger partial charge in [-0.2, -0.15) is 0 Å². The number of hydrogen-bond acceptors (Lipinski definition) is 2. The number of fused-ring (bicyclic) bond motifs is 8. The fourth-order valence-electron chi connectivity index (χ4n) is 9.60. The van der Waals surface area contributed by atoms with E-state index >= 15 is 0 Å². The minimum Gasteiger partial charge on any atom is -0.228 e. The first-order valence-corrected chi connectivity index (χ1v) is 19.6. The monoisotopic (exact) mass is 716 g/mol. The fourth-order valence-corrected chi connectivity index (χ4v) is 9.60. The normalized spacial score (nSPS) is 14.4. The van der Waals surface area contributed by atoms with Gasteiger partial charge in [-0.1, -0.05) is 161 Å². The van der Waals surface area contributed by atoms with Crippen LogP contribution in [0.25, 0.3) is 88.8 Å². The minimum atomic E-state index is -0.138. The zero-order valence-electron chi connectivity index (χ0n) is 32.1. The topological polar surface area (TPSA) is 25.8 Å². The lowest BCUT2D eigenvalue weighted by Gasteiger charge is -2.22. The lowest BCUT2D eigenvalue weighted by atomic mass is 9.81. The Morgan fingerprint density at radius 3 is 1.70 bits per heavy atom. The molecule has 56 heavy (non-hydrogen) atoms. The molecule has 0 aliphatic heterocycles. The molecular weight excluding hydrogens is 677 g/mol. The molecule has 2 aliphatic carbocycles. The highest BCUT2D eigenvalue weighted by Crippen LogP contribution is 2.53. The average molecular weight is 717 g/mol. The molecule has 0 bridgehead atoms. The van der Waals surface area contributed by atoms with E-state index in [1.165, 1.54) is 77.2 Å². The molecule has 1 aromatic heterocycles. The second kappa shape index (κ2) is 11.9. The van der Waals surface area contributed by atoms with Gasteiger partial charge in [0.25, 0.3) is 0 Å². The van der Waals surface area contributed by atoms with Gasteiger partial charge >= 0.3 is 0 Å². The Balaban J connectivity index is 1.03. The molecule has 0 radical (unpaired) electrons. The van der Waals surface area contributed by atoms with Gasteiger partial charge in [-0.3, -0.25) is 0 Å². The molecule has 0 saturated carbocycles. The zero-order chi connectivity index (χ0) is 37.8. The van der Waals surface area contributed by atoms with Crippen molar-refractivity contribution < 1.29 is 0 Å². The van der Waals surface area contributed by atoms with E-state index in [4.69, 9.17) is 9.97 Å². The number of rotatable bonds is 4. The first-order chi connectivity index (χ1) is 27.2. The maximum atomic E-state index is 5.30. The first kappa shape index (κ1) is 32.8. The van der Waals surface area contributed by atoms with Crippen molar-refractivity contribution in [2.75, 3.05) is 0 Å². The van der Waals surface area contributed by atoms with Crippen molar-refractivity contribution in [3.8, 4) is 67.3 Å². The third-order valence-electron chi connectivity index (χ3n) is 12.7. The van der Waals surface area contributed by atoms with Crippen molar-refractivity contribution in [2.24, 2.45) is 0 Å². The summed E-state index contributed by atoms with van der Waals surface area (Å²) in [6.45, 7) is 9.39. The van der Waals surface area contributed by atoms with Crippen LogP contribution in [0, 0.1) is 0 Å². The van der Waals surface area contributed by atoms with Crippen molar-refractivity contribution in [2.45, 2.75) is 38.5 Å². The van der Waals surface area contributed by atoms with Crippen molar-refractivity contribution in [3.05, 3.63) is 192 Å². The van der Waals surface area contributed by atoms with E-state index in [0.717, 1.165) is 33.9 Å². The van der Waals surface area contributed by atoms with Crippen LogP contribution < -0.4 is 0 Å². The molecule has 1 heterocycles. The molecule has 11 rings (SSSR count). The van der Waals surface area contributed by atoms with Crippen molar-refractivity contribution >= 4 is 21.5 Å². The molecule has 9 aromatic rings. The van der Waals surface area contributed by atoms with Crippen LogP contribution in [0.1, 0.15) is 49.9 Å². The van der Waals surface area contributed by atoms with Crippen LogP contribution in [-0.4, -0.2) is 9.97 Å². The second-order valence-electron chi connectivity index (χ2n) is 16.6. The smallest absolute Gasteiger partial charge is 0.160 e. The summed E-state index contributed by atoms with van der Waals surface area (Å²) < 4.78 is 0. The molecule has 0 amide bonds. The number of aromatic nitrogens is 2. The van der Waals surface area contributed by atoms with E-state index in [1.54, 1.807) is 0 Å². The second-order valence-corrected chi connectivity index (χ2v) is 16.6. The van der Waals surface area contributed by atoms with Crippen LogP contribution in [0.4, 0.5) is 0 Å². The summed E-state index contributed by atoms with van der Waals surface area (Å²) in [6.07, 6.45) is 0. The highest BCUT2D eigenvalue weighted by atomic mass is 14.9. The SMILES string of the molecule is CC1(C)c2ccccc2-c2ccc(-c3ccc4cc(-c5cc(-c6cccc7c6-c6cc8ccccc8cc6C7(C)C)nc(-c6ccccc6)n5)ccc4c3)cc21. The lowest BCUT2D eigenvalue weighted by Crippen LogP contribution is -2.14. The first-order valence-electron chi connectivity index (χ1n) is 19.6. The standard InChI is InChI=1S/C54H40N2/c1-53(2)45-19-11-10-17-41(45)42-26-25-39(31-47(42)53)37-21-22-38-28-40(24-23-36(38)27-37)49-32-50(56-52(55-49)33-13-6-5-7-14-33)43-18-12-20-46-51(43)44-29-34-15-8-9-16-35(34)30-48(44)54(46,3)4/h5-32H,1-4H3. The van der Waals surface area contributed by atoms with E-state index in [2.05, 4.69) is 191 Å². The van der Waals surface area contributed by atoms with E-state index in [0.29, 0.717) is 0 Å². The van der Waals surface area contributed by atoms with Gasteiger partial charge in [-0.25, -0.2) is 9.97 Å². The van der Waals surface area contributed by atoms with Crippen LogP contribution in [0.15, 0.2) is 170 Å². The maximum Gasteiger partial charge on any atom is 0.160 e. The van der Waals surface area contributed by atoms with Gasteiger partial charge < -0.3 is 0 Å². The van der Waals surface area contributed by atoms with Crippen molar-refractivity contribution in [3.63, 3.8) is 0 Å². The summed E-state index contributed by atoms with van der Waals surface area (Å²) in [6, 6.07) is 62.2. The summed E-state index contributed by atoms with van der Waals surface area (Å²) in [5.41, 5.74) is 18.1. The molecule has 0 spiro atoms. The molecule has 2 nitrogen and oxygen atoms in total. The number of benzene rings is 8. The fraction of sp³-hybridized carbons (Fsp3) is 0.111. The molecule has 2 heteroatoms.